The van der Waals surface area contributed by atoms with E-state index in [4.69, 9.17) is 9.47 Å². The summed E-state index contributed by atoms with van der Waals surface area (Å²) >= 11 is 0. The van der Waals surface area contributed by atoms with Crippen LogP contribution in [0, 0.1) is 5.92 Å². The summed E-state index contributed by atoms with van der Waals surface area (Å²) in [6.07, 6.45) is 3.86. The van der Waals surface area contributed by atoms with E-state index in [1.807, 2.05) is 0 Å². The molecule has 0 saturated heterocycles. The van der Waals surface area contributed by atoms with Crippen LogP contribution >= 0.6 is 0 Å². The average Bonchev–Trinajstić information content (AvgIpc) is 2.71. The molecule has 0 amide bonds. The molecule has 0 unspecified atom stereocenters. The first-order valence-electron chi connectivity index (χ1n) is 5.34. The highest BCUT2D eigenvalue weighted by Gasteiger charge is 2.22. The van der Waals surface area contributed by atoms with Crippen LogP contribution in [-0.4, -0.2) is 41.4 Å². The summed E-state index contributed by atoms with van der Waals surface area (Å²) in [5, 5.41) is 7.47. The van der Waals surface area contributed by atoms with Crippen LogP contribution in [-0.2, 0) is 9.47 Å². The lowest BCUT2D eigenvalue weighted by Gasteiger charge is -2.27. The zero-order valence-electron chi connectivity index (χ0n) is 10.3. The molecule has 0 aliphatic heterocycles. The number of ether oxygens (including phenoxy) is 2. The van der Waals surface area contributed by atoms with Gasteiger partial charge in [0.1, 0.15) is 12.7 Å². The van der Waals surface area contributed by atoms with E-state index in [2.05, 4.69) is 29.5 Å². The zero-order valence-corrected chi connectivity index (χ0v) is 10.3. The van der Waals surface area contributed by atoms with E-state index in [0.29, 0.717) is 5.92 Å². The van der Waals surface area contributed by atoms with Gasteiger partial charge in [-0.1, -0.05) is 13.8 Å². The summed E-state index contributed by atoms with van der Waals surface area (Å²) in [7, 11) is 3.27. The molecule has 1 atom stereocenters. The smallest absolute Gasteiger partial charge is 0.178 e. The third-order valence-electron chi connectivity index (χ3n) is 2.25. The molecule has 0 spiro atoms. The third kappa shape index (κ3) is 3.79. The van der Waals surface area contributed by atoms with Gasteiger partial charge < -0.3 is 14.9 Å². The molecule has 0 aromatic carbocycles. The summed E-state index contributed by atoms with van der Waals surface area (Å²) < 4.78 is 12.3. The Bertz CT molecular complexity index is 272. The molecule has 0 bridgehead atoms. The van der Waals surface area contributed by atoms with Crippen molar-refractivity contribution >= 4 is 0 Å². The number of nitrogens with one attached hydrogen (secondary N) is 1. The van der Waals surface area contributed by atoms with Crippen molar-refractivity contribution in [1.82, 2.24) is 14.9 Å². The fourth-order valence-corrected chi connectivity index (χ4v) is 1.62. The lowest BCUT2D eigenvalue weighted by molar-refractivity contribution is -0.116. The van der Waals surface area contributed by atoms with Gasteiger partial charge in [0.2, 0.25) is 0 Å². The van der Waals surface area contributed by atoms with Crippen LogP contribution < -0.4 is 5.43 Å². The van der Waals surface area contributed by atoms with Gasteiger partial charge in [-0.25, -0.2) is 4.68 Å². The van der Waals surface area contributed by atoms with Crippen molar-refractivity contribution in [1.29, 1.82) is 0 Å². The van der Waals surface area contributed by atoms with E-state index in [-0.39, 0.29) is 12.3 Å². The number of nitrogens with zero attached hydrogens (tertiary/aromatic N) is 3. The topological polar surface area (TPSA) is 61.2 Å². The predicted molar refractivity (Wildman–Crippen MR) is 60.4 cm³/mol. The van der Waals surface area contributed by atoms with Gasteiger partial charge in [0.05, 0.1) is 6.04 Å². The molecule has 0 saturated carbocycles. The number of methoxy groups -OCH3 is 2. The minimum Gasteiger partial charge on any atom is -0.354 e. The molecule has 92 valence electrons. The molecule has 1 N–H and O–H groups in total. The SMILES string of the molecule is COC(OC)[C@H](CC(C)C)Nn1cnnc1. The Labute approximate surface area is 95.9 Å². The highest BCUT2D eigenvalue weighted by molar-refractivity contribution is 4.85. The molecule has 6 nitrogen and oxygen atoms in total. The Balaban J connectivity index is 2.62. The van der Waals surface area contributed by atoms with Crippen LogP contribution in [0.5, 0.6) is 0 Å². The fraction of sp³-hybridized carbons (Fsp3) is 0.800. The first-order chi connectivity index (χ1) is 7.67. The molecule has 1 heterocycles. The fourth-order valence-electron chi connectivity index (χ4n) is 1.62. The molecule has 1 aromatic heterocycles. The molecule has 1 rings (SSSR count). The van der Waals surface area contributed by atoms with Crippen molar-refractivity contribution in [3.8, 4) is 0 Å². The number of hydrogen-bond donors (Lipinski definition) is 1. The maximum atomic E-state index is 5.27. The quantitative estimate of drug-likeness (QED) is 0.701. The highest BCUT2D eigenvalue weighted by Crippen LogP contribution is 2.12. The second-order valence-electron chi connectivity index (χ2n) is 4.07. The van der Waals surface area contributed by atoms with E-state index in [1.54, 1.807) is 31.6 Å². The van der Waals surface area contributed by atoms with Crippen LogP contribution in [0.2, 0.25) is 0 Å². The van der Waals surface area contributed by atoms with Crippen LogP contribution in [0.25, 0.3) is 0 Å². The Hall–Kier alpha value is -1.14. The summed E-state index contributed by atoms with van der Waals surface area (Å²) in [5.74, 6) is 0.543. The summed E-state index contributed by atoms with van der Waals surface area (Å²) in [4.78, 5) is 0. The highest BCUT2D eigenvalue weighted by atomic mass is 16.7. The normalized spacial score (nSPS) is 13.4. The second-order valence-corrected chi connectivity index (χ2v) is 4.07. The molecule has 0 aliphatic carbocycles. The molecule has 6 heteroatoms. The standard InChI is InChI=1S/C10H20N4O2/c1-8(2)5-9(10(15-3)16-4)13-14-6-11-12-7-14/h6-10,13H,5H2,1-4H3/t9-/m0/s1. The van der Waals surface area contributed by atoms with E-state index in [1.165, 1.54) is 0 Å². The lowest BCUT2D eigenvalue weighted by atomic mass is 10.0. The molecular formula is C10H20N4O2. The zero-order chi connectivity index (χ0) is 12.0. The van der Waals surface area contributed by atoms with Crippen molar-refractivity contribution in [2.45, 2.75) is 32.6 Å². The van der Waals surface area contributed by atoms with Gasteiger partial charge in [-0.2, -0.15) is 0 Å². The monoisotopic (exact) mass is 228 g/mol. The number of hydrogen-bond acceptors (Lipinski definition) is 5. The van der Waals surface area contributed by atoms with E-state index < -0.39 is 0 Å². The Morgan fingerprint density at radius 2 is 1.75 bits per heavy atom. The molecular weight excluding hydrogens is 208 g/mol. The molecule has 16 heavy (non-hydrogen) atoms. The summed E-state index contributed by atoms with van der Waals surface area (Å²) in [5.41, 5.74) is 3.23. The van der Waals surface area contributed by atoms with Crippen molar-refractivity contribution in [3.05, 3.63) is 12.7 Å². The van der Waals surface area contributed by atoms with Gasteiger partial charge in [0.15, 0.2) is 6.29 Å². The van der Waals surface area contributed by atoms with E-state index >= 15 is 0 Å². The predicted octanol–water partition coefficient (Wildman–Crippen LogP) is 0.855. The van der Waals surface area contributed by atoms with E-state index in [0.717, 1.165) is 6.42 Å². The Morgan fingerprint density at radius 1 is 1.19 bits per heavy atom. The Kier molecular flexibility index (Phi) is 5.21. The third-order valence-corrected chi connectivity index (χ3v) is 2.25. The van der Waals surface area contributed by atoms with Crippen molar-refractivity contribution < 1.29 is 9.47 Å². The van der Waals surface area contributed by atoms with Crippen LogP contribution in [0.3, 0.4) is 0 Å². The van der Waals surface area contributed by atoms with Crippen LogP contribution in [0.4, 0.5) is 0 Å². The Morgan fingerprint density at radius 3 is 2.19 bits per heavy atom. The van der Waals surface area contributed by atoms with Gasteiger partial charge in [0.25, 0.3) is 0 Å². The van der Waals surface area contributed by atoms with Gasteiger partial charge in [0, 0.05) is 14.2 Å². The lowest BCUT2D eigenvalue weighted by Crippen LogP contribution is -2.41. The molecule has 0 aliphatic rings. The molecule has 1 aromatic rings. The van der Waals surface area contributed by atoms with Crippen LogP contribution in [0.1, 0.15) is 20.3 Å². The van der Waals surface area contributed by atoms with Gasteiger partial charge in [-0.3, -0.25) is 0 Å². The van der Waals surface area contributed by atoms with Crippen molar-refractivity contribution in [3.63, 3.8) is 0 Å². The van der Waals surface area contributed by atoms with E-state index in [9.17, 15) is 0 Å². The van der Waals surface area contributed by atoms with Gasteiger partial charge in [-0.05, 0) is 12.3 Å². The summed E-state index contributed by atoms with van der Waals surface area (Å²) in [6, 6.07) is 0.0611. The van der Waals surface area contributed by atoms with Gasteiger partial charge >= 0.3 is 0 Å². The first kappa shape index (κ1) is 12.9. The second kappa shape index (κ2) is 6.44. The van der Waals surface area contributed by atoms with Crippen LogP contribution in [0.15, 0.2) is 12.7 Å². The van der Waals surface area contributed by atoms with Crippen molar-refractivity contribution in [2.24, 2.45) is 5.92 Å². The summed E-state index contributed by atoms with van der Waals surface area (Å²) in [6.45, 7) is 4.31. The number of rotatable bonds is 7. The van der Waals surface area contributed by atoms with Gasteiger partial charge in [-0.15, -0.1) is 10.2 Å². The minimum absolute atomic E-state index is 0.0611. The average molecular weight is 228 g/mol. The number of aromatic nitrogens is 3. The molecule has 0 radical (unpaired) electrons. The maximum Gasteiger partial charge on any atom is 0.178 e. The molecule has 0 fully saturated rings. The maximum absolute atomic E-state index is 5.27. The van der Waals surface area contributed by atoms with Crippen molar-refractivity contribution in [2.75, 3.05) is 19.6 Å². The minimum atomic E-state index is -0.287. The first-order valence-corrected chi connectivity index (χ1v) is 5.34. The largest absolute Gasteiger partial charge is 0.354 e.